The van der Waals surface area contributed by atoms with Gasteiger partial charge in [0, 0.05) is 30.4 Å². The first-order valence-electron chi connectivity index (χ1n) is 7.60. The van der Waals surface area contributed by atoms with Gasteiger partial charge in [-0.25, -0.2) is 4.98 Å². The number of hydrogen-bond acceptors (Lipinski definition) is 3. The van der Waals surface area contributed by atoms with Gasteiger partial charge in [0.2, 0.25) is 0 Å². The van der Waals surface area contributed by atoms with Gasteiger partial charge in [-0.3, -0.25) is 0 Å². The van der Waals surface area contributed by atoms with Crippen LogP contribution >= 0.6 is 23.5 Å². The Bertz CT molecular complexity index is 366. The van der Waals surface area contributed by atoms with Crippen molar-refractivity contribution < 1.29 is 0 Å². The summed E-state index contributed by atoms with van der Waals surface area (Å²) in [5, 5.41) is 0. The smallest absolute Gasteiger partial charge is 0.0946 e. The summed E-state index contributed by atoms with van der Waals surface area (Å²) in [6.45, 7) is 1.13. The lowest BCUT2D eigenvalue weighted by atomic mass is 9.85. The molecule has 4 heteroatoms. The van der Waals surface area contributed by atoms with Gasteiger partial charge in [0.1, 0.15) is 0 Å². The molecule has 2 nitrogen and oxygen atoms in total. The van der Waals surface area contributed by atoms with Crippen molar-refractivity contribution >= 4 is 23.5 Å². The van der Waals surface area contributed by atoms with Gasteiger partial charge in [-0.15, -0.1) is 23.5 Å². The summed E-state index contributed by atoms with van der Waals surface area (Å²) >= 11 is 4.38. The van der Waals surface area contributed by atoms with Gasteiger partial charge in [-0.2, -0.15) is 0 Å². The molecule has 1 aliphatic carbocycles. The molecular weight excluding hydrogens is 272 g/mol. The Labute approximate surface area is 125 Å². The first kappa shape index (κ1) is 13.9. The van der Waals surface area contributed by atoms with Crippen LogP contribution in [0.5, 0.6) is 0 Å². The molecule has 0 bridgehead atoms. The average molecular weight is 297 g/mol. The van der Waals surface area contributed by atoms with Crippen LogP contribution in [0.1, 0.15) is 44.9 Å². The van der Waals surface area contributed by atoms with Crippen molar-refractivity contribution in [3.63, 3.8) is 0 Å². The van der Waals surface area contributed by atoms with Crippen LogP contribution in [-0.4, -0.2) is 25.1 Å². The van der Waals surface area contributed by atoms with E-state index in [-0.39, 0.29) is 0 Å². The van der Waals surface area contributed by atoms with Gasteiger partial charge >= 0.3 is 0 Å². The molecule has 0 spiro atoms. The van der Waals surface area contributed by atoms with E-state index < -0.39 is 0 Å². The third-order valence-corrected chi connectivity index (χ3v) is 7.96. The zero-order valence-electron chi connectivity index (χ0n) is 11.6. The lowest BCUT2D eigenvalue weighted by Crippen LogP contribution is -2.25. The fourth-order valence-corrected chi connectivity index (χ4v) is 6.62. The van der Waals surface area contributed by atoms with Crippen LogP contribution in [-0.2, 0) is 6.54 Å². The van der Waals surface area contributed by atoms with E-state index in [1.54, 1.807) is 0 Å². The minimum atomic E-state index is 0.429. The Kier molecular flexibility index (Phi) is 4.80. The second-order valence-corrected chi connectivity index (χ2v) is 9.10. The summed E-state index contributed by atoms with van der Waals surface area (Å²) in [7, 11) is 0. The highest BCUT2D eigenvalue weighted by atomic mass is 32.2. The minimum absolute atomic E-state index is 0.429. The van der Waals surface area contributed by atoms with Crippen molar-refractivity contribution in [2.45, 2.75) is 55.6 Å². The van der Waals surface area contributed by atoms with Gasteiger partial charge < -0.3 is 4.57 Å². The Balaban J connectivity index is 1.57. The molecule has 1 aliphatic heterocycles. The molecule has 1 aromatic heterocycles. The Morgan fingerprint density at radius 1 is 1.16 bits per heavy atom. The Hall–Kier alpha value is -0.0900. The van der Waals surface area contributed by atoms with Crippen molar-refractivity contribution in [2.24, 2.45) is 5.92 Å². The van der Waals surface area contributed by atoms with E-state index in [1.807, 2.05) is 12.5 Å². The third-order valence-electron chi connectivity index (χ3n) is 4.45. The van der Waals surface area contributed by atoms with Gasteiger partial charge in [-0.05, 0) is 18.8 Å². The second-order valence-electron chi connectivity index (χ2n) is 5.89. The van der Waals surface area contributed by atoms with E-state index in [0.717, 1.165) is 12.5 Å². The number of nitrogens with zero attached hydrogens (tertiary/aromatic N) is 2. The summed E-state index contributed by atoms with van der Waals surface area (Å²) < 4.78 is 2.70. The van der Waals surface area contributed by atoms with Crippen LogP contribution in [0.15, 0.2) is 18.7 Å². The van der Waals surface area contributed by atoms with Crippen molar-refractivity contribution in [1.29, 1.82) is 0 Å². The SMILES string of the molecule is c1cn(CC2(CCC3CCCCC3)SCCS2)cn1. The number of aromatic nitrogens is 2. The lowest BCUT2D eigenvalue weighted by molar-refractivity contribution is 0.325. The first-order valence-corrected chi connectivity index (χ1v) is 9.57. The molecule has 1 saturated carbocycles. The van der Waals surface area contributed by atoms with Crippen molar-refractivity contribution in [1.82, 2.24) is 9.55 Å². The molecule has 0 amide bonds. The molecule has 19 heavy (non-hydrogen) atoms. The van der Waals surface area contributed by atoms with Crippen LogP contribution in [0.25, 0.3) is 0 Å². The summed E-state index contributed by atoms with van der Waals surface area (Å²) in [6, 6.07) is 0. The predicted molar refractivity (Wildman–Crippen MR) is 85.7 cm³/mol. The molecule has 0 N–H and O–H groups in total. The fraction of sp³-hybridized carbons (Fsp3) is 0.800. The van der Waals surface area contributed by atoms with Crippen molar-refractivity contribution in [2.75, 3.05) is 11.5 Å². The molecule has 0 aromatic carbocycles. The van der Waals surface area contributed by atoms with Gasteiger partial charge in [-0.1, -0.05) is 32.1 Å². The molecule has 2 aliphatic rings. The highest BCUT2D eigenvalue weighted by Gasteiger charge is 2.36. The standard InChI is InChI=1S/C15H24N2S2/c1-2-4-14(5-3-1)6-7-15(18-10-11-19-15)12-17-9-8-16-13-17/h8-9,13-14H,1-7,10-12H2. The average Bonchev–Trinajstić information content (AvgIpc) is 3.11. The molecule has 3 rings (SSSR count). The van der Waals surface area contributed by atoms with E-state index in [2.05, 4.69) is 39.3 Å². The monoisotopic (exact) mass is 296 g/mol. The molecule has 2 heterocycles. The van der Waals surface area contributed by atoms with Crippen molar-refractivity contribution in [3.8, 4) is 0 Å². The Morgan fingerprint density at radius 2 is 1.95 bits per heavy atom. The maximum absolute atomic E-state index is 4.19. The number of imidazole rings is 1. The zero-order valence-corrected chi connectivity index (χ0v) is 13.2. The Morgan fingerprint density at radius 3 is 2.63 bits per heavy atom. The van der Waals surface area contributed by atoms with Crippen LogP contribution in [0.3, 0.4) is 0 Å². The number of rotatable bonds is 5. The molecule has 0 radical (unpaired) electrons. The summed E-state index contributed by atoms with van der Waals surface area (Å²) in [5.41, 5.74) is 0. The molecule has 1 saturated heterocycles. The first-order chi connectivity index (χ1) is 9.36. The second kappa shape index (κ2) is 6.57. The summed E-state index contributed by atoms with van der Waals surface area (Å²) in [5.74, 6) is 3.66. The predicted octanol–water partition coefficient (Wildman–Crippen LogP) is 4.42. The van der Waals surface area contributed by atoms with Crippen LogP contribution in [0, 0.1) is 5.92 Å². The fourth-order valence-electron chi connectivity index (χ4n) is 3.37. The van der Waals surface area contributed by atoms with Crippen molar-refractivity contribution in [3.05, 3.63) is 18.7 Å². The third kappa shape index (κ3) is 3.72. The maximum Gasteiger partial charge on any atom is 0.0946 e. The van der Waals surface area contributed by atoms with Crippen LogP contribution < -0.4 is 0 Å². The lowest BCUT2D eigenvalue weighted by Gasteiger charge is -2.30. The summed E-state index contributed by atoms with van der Waals surface area (Å²) in [4.78, 5) is 4.19. The van der Waals surface area contributed by atoms with E-state index in [1.165, 1.54) is 56.5 Å². The number of hydrogen-bond donors (Lipinski definition) is 0. The minimum Gasteiger partial charge on any atom is -0.335 e. The maximum atomic E-state index is 4.19. The molecule has 0 unspecified atom stereocenters. The molecule has 1 aromatic rings. The van der Waals surface area contributed by atoms with Gasteiger partial charge in [0.25, 0.3) is 0 Å². The topological polar surface area (TPSA) is 17.8 Å². The molecule has 0 atom stereocenters. The quantitative estimate of drug-likeness (QED) is 0.801. The number of thioether (sulfide) groups is 2. The van der Waals surface area contributed by atoms with Crippen LogP contribution in [0.4, 0.5) is 0 Å². The highest BCUT2D eigenvalue weighted by Crippen LogP contribution is 2.49. The zero-order chi connectivity index (χ0) is 13.0. The summed E-state index contributed by atoms with van der Waals surface area (Å²) in [6.07, 6.45) is 16.2. The van der Waals surface area contributed by atoms with Gasteiger partial charge in [0.05, 0.1) is 10.4 Å². The largest absolute Gasteiger partial charge is 0.335 e. The molecular formula is C15H24N2S2. The van der Waals surface area contributed by atoms with Gasteiger partial charge in [0.15, 0.2) is 0 Å². The normalized spacial score (nSPS) is 23.8. The van der Waals surface area contributed by atoms with E-state index in [4.69, 9.17) is 0 Å². The molecule has 2 fully saturated rings. The van der Waals surface area contributed by atoms with E-state index >= 15 is 0 Å². The van der Waals surface area contributed by atoms with E-state index in [0.29, 0.717) is 4.08 Å². The van der Waals surface area contributed by atoms with E-state index in [9.17, 15) is 0 Å². The van der Waals surface area contributed by atoms with Crippen LogP contribution in [0.2, 0.25) is 0 Å². The molecule has 106 valence electrons. The highest BCUT2D eigenvalue weighted by molar-refractivity contribution is 8.21.